The number of carbonyl (C=O) groups excluding carboxylic acids is 2. The Balaban J connectivity index is 1.27. The van der Waals surface area contributed by atoms with Crippen molar-refractivity contribution >= 4 is 18.0 Å². The predicted molar refractivity (Wildman–Crippen MR) is 120 cm³/mol. The summed E-state index contributed by atoms with van der Waals surface area (Å²) in [5, 5.41) is 13.3. The number of aliphatic carboxylic acids is 1. The lowest BCUT2D eigenvalue weighted by molar-refractivity contribution is -0.146. The van der Waals surface area contributed by atoms with Gasteiger partial charge in [-0.05, 0) is 47.9 Å². The third-order valence-corrected chi connectivity index (χ3v) is 6.54. The number of carbonyl (C=O) groups is 3. The van der Waals surface area contributed by atoms with Crippen molar-refractivity contribution in [3.8, 4) is 11.1 Å². The van der Waals surface area contributed by atoms with E-state index in [1.807, 2.05) is 53.8 Å². The maximum Gasteiger partial charge on any atom is 0.407 e. The minimum atomic E-state index is -3.82. The van der Waals surface area contributed by atoms with Crippen LogP contribution in [-0.4, -0.2) is 48.2 Å². The third kappa shape index (κ3) is 5.03. The lowest BCUT2D eigenvalue weighted by atomic mass is 9.86. The number of halogens is 2. The number of amides is 2. The Labute approximate surface area is 195 Å². The Kier molecular flexibility index (Phi) is 6.81. The summed E-state index contributed by atoms with van der Waals surface area (Å²) >= 11 is 0. The first-order valence-electron chi connectivity index (χ1n) is 11.3. The van der Waals surface area contributed by atoms with Crippen LogP contribution in [0.1, 0.15) is 42.7 Å². The minimum Gasteiger partial charge on any atom is -0.481 e. The van der Waals surface area contributed by atoms with Crippen molar-refractivity contribution in [3.63, 3.8) is 0 Å². The van der Waals surface area contributed by atoms with E-state index in [-0.39, 0.29) is 12.5 Å². The van der Waals surface area contributed by atoms with Crippen LogP contribution < -0.4 is 10.6 Å². The fourth-order valence-corrected chi connectivity index (χ4v) is 4.69. The maximum atomic E-state index is 14.3. The van der Waals surface area contributed by atoms with Crippen LogP contribution in [0.25, 0.3) is 11.1 Å². The molecule has 2 aliphatic carbocycles. The van der Waals surface area contributed by atoms with Gasteiger partial charge >= 0.3 is 18.0 Å². The molecule has 7 nitrogen and oxygen atoms in total. The second-order valence-corrected chi connectivity index (χ2v) is 8.74. The molecule has 0 atom stereocenters. The number of rotatable bonds is 7. The van der Waals surface area contributed by atoms with E-state index in [0.717, 1.165) is 22.3 Å². The molecule has 0 aliphatic heterocycles. The zero-order valence-corrected chi connectivity index (χ0v) is 18.4. The van der Waals surface area contributed by atoms with Gasteiger partial charge in [0.1, 0.15) is 6.61 Å². The lowest BCUT2D eigenvalue weighted by Crippen LogP contribution is -2.51. The molecule has 2 aliphatic rings. The summed E-state index contributed by atoms with van der Waals surface area (Å²) in [5.74, 6) is -6.95. The first-order chi connectivity index (χ1) is 16.3. The summed E-state index contributed by atoms with van der Waals surface area (Å²) in [5.41, 5.74) is 4.10. The minimum absolute atomic E-state index is 0.0234. The van der Waals surface area contributed by atoms with Gasteiger partial charge in [-0.15, -0.1) is 0 Å². The Morgan fingerprint density at radius 1 is 0.941 bits per heavy atom. The van der Waals surface area contributed by atoms with E-state index in [0.29, 0.717) is 25.7 Å². The zero-order chi connectivity index (χ0) is 24.3. The highest BCUT2D eigenvalue weighted by atomic mass is 19.3. The molecule has 0 saturated heterocycles. The van der Waals surface area contributed by atoms with Crippen LogP contribution in [0.5, 0.6) is 0 Å². The molecule has 2 aromatic carbocycles. The topological polar surface area (TPSA) is 105 Å². The summed E-state index contributed by atoms with van der Waals surface area (Å²) in [6.45, 7) is -1.22. The van der Waals surface area contributed by atoms with Gasteiger partial charge in [-0.25, -0.2) is 4.79 Å². The van der Waals surface area contributed by atoms with Crippen LogP contribution in [0.3, 0.4) is 0 Å². The van der Waals surface area contributed by atoms with Crippen molar-refractivity contribution in [2.75, 3.05) is 13.2 Å². The molecule has 2 amide bonds. The summed E-state index contributed by atoms with van der Waals surface area (Å²) < 4.78 is 33.8. The third-order valence-electron chi connectivity index (χ3n) is 6.54. The molecule has 0 heterocycles. The van der Waals surface area contributed by atoms with Crippen LogP contribution >= 0.6 is 0 Å². The molecule has 180 valence electrons. The molecule has 4 rings (SSSR count). The van der Waals surface area contributed by atoms with Crippen LogP contribution in [0, 0.1) is 5.92 Å². The van der Waals surface area contributed by atoms with Crippen LogP contribution in [0.2, 0.25) is 0 Å². The van der Waals surface area contributed by atoms with E-state index >= 15 is 0 Å². The van der Waals surface area contributed by atoms with Gasteiger partial charge in [0.2, 0.25) is 0 Å². The normalized spacial score (nSPS) is 19.6. The van der Waals surface area contributed by atoms with Gasteiger partial charge in [0, 0.05) is 12.0 Å². The van der Waals surface area contributed by atoms with Gasteiger partial charge in [-0.3, -0.25) is 9.59 Å². The molecule has 0 unspecified atom stereocenters. The van der Waals surface area contributed by atoms with Crippen molar-refractivity contribution in [1.29, 1.82) is 0 Å². The summed E-state index contributed by atoms with van der Waals surface area (Å²) in [6.07, 6.45) is 0.251. The molecule has 3 N–H and O–H groups in total. The SMILES string of the molecule is O=C(NCC(F)(F)C(=O)NC1CCC(C(=O)O)CC1)OCC1c2ccccc2-c2ccccc21. The molecular formula is C25H26F2N2O5. The molecule has 0 spiro atoms. The van der Waals surface area contributed by atoms with Crippen molar-refractivity contribution in [2.45, 2.75) is 43.6 Å². The monoisotopic (exact) mass is 472 g/mol. The van der Waals surface area contributed by atoms with E-state index in [2.05, 4.69) is 5.32 Å². The molecule has 0 bridgehead atoms. The molecular weight excluding hydrogens is 446 g/mol. The van der Waals surface area contributed by atoms with E-state index in [9.17, 15) is 23.2 Å². The molecule has 0 radical (unpaired) electrons. The highest BCUT2D eigenvalue weighted by molar-refractivity contribution is 5.84. The fraction of sp³-hybridized carbons (Fsp3) is 0.400. The number of benzene rings is 2. The van der Waals surface area contributed by atoms with E-state index in [4.69, 9.17) is 9.84 Å². The summed E-state index contributed by atoms with van der Waals surface area (Å²) in [7, 11) is 0. The van der Waals surface area contributed by atoms with Crippen molar-refractivity contribution < 1.29 is 33.0 Å². The second-order valence-electron chi connectivity index (χ2n) is 8.74. The quantitative estimate of drug-likeness (QED) is 0.567. The molecule has 1 saturated carbocycles. The second kappa shape index (κ2) is 9.79. The number of alkyl halides is 2. The highest BCUT2D eigenvalue weighted by Gasteiger charge is 2.41. The first-order valence-corrected chi connectivity index (χ1v) is 11.3. The molecule has 0 aromatic heterocycles. The number of nitrogens with one attached hydrogen (secondary N) is 2. The van der Waals surface area contributed by atoms with Gasteiger partial charge in [0.25, 0.3) is 5.91 Å². The van der Waals surface area contributed by atoms with Gasteiger partial charge in [0.05, 0.1) is 12.5 Å². The van der Waals surface area contributed by atoms with Crippen molar-refractivity contribution in [2.24, 2.45) is 5.92 Å². The average molecular weight is 472 g/mol. The van der Waals surface area contributed by atoms with Gasteiger partial charge in [0.15, 0.2) is 0 Å². The Morgan fingerprint density at radius 2 is 1.50 bits per heavy atom. The van der Waals surface area contributed by atoms with E-state index < -0.39 is 42.4 Å². The number of hydrogen-bond donors (Lipinski definition) is 3. The van der Waals surface area contributed by atoms with Gasteiger partial charge in [-0.1, -0.05) is 48.5 Å². The highest BCUT2D eigenvalue weighted by Crippen LogP contribution is 2.44. The number of ether oxygens (including phenoxy) is 1. The summed E-state index contributed by atoms with van der Waals surface area (Å²) in [6, 6.07) is 15.0. The fourth-order valence-electron chi connectivity index (χ4n) is 4.69. The number of fused-ring (bicyclic) bond motifs is 3. The van der Waals surface area contributed by atoms with Gasteiger partial charge in [-0.2, -0.15) is 8.78 Å². The number of hydrogen-bond acceptors (Lipinski definition) is 4. The standard InChI is InChI=1S/C25H26F2N2O5/c26-25(27,23(32)29-16-11-9-15(10-12-16)22(30)31)14-28-24(33)34-13-21-19-7-3-1-5-17(19)18-6-2-4-8-20(18)21/h1-8,15-16,21H,9-14H2,(H,28,33)(H,29,32)(H,30,31). The largest absolute Gasteiger partial charge is 0.481 e. The van der Waals surface area contributed by atoms with Crippen LogP contribution in [0.4, 0.5) is 13.6 Å². The number of carboxylic acids is 1. The molecule has 34 heavy (non-hydrogen) atoms. The summed E-state index contributed by atoms with van der Waals surface area (Å²) in [4.78, 5) is 35.2. The van der Waals surface area contributed by atoms with Crippen molar-refractivity contribution in [1.82, 2.24) is 10.6 Å². The van der Waals surface area contributed by atoms with Crippen LogP contribution in [0.15, 0.2) is 48.5 Å². The number of alkyl carbamates (subject to hydrolysis) is 1. The lowest BCUT2D eigenvalue weighted by Gasteiger charge is -2.28. The molecule has 1 fully saturated rings. The van der Waals surface area contributed by atoms with Crippen molar-refractivity contribution in [3.05, 3.63) is 59.7 Å². The zero-order valence-electron chi connectivity index (χ0n) is 18.4. The number of carboxylic acid groups (broad SMARTS) is 1. The van der Waals surface area contributed by atoms with E-state index in [1.165, 1.54) is 0 Å². The molecule has 2 aromatic rings. The molecule has 9 heteroatoms. The average Bonchev–Trinajstić information content (AvgIpc) is 3.15. The Bertz CT molecular complexity index is 1040. The maximum absolute atomic E-state index is 14.3. The Hall–Kier alpha value is -3.49. The predicted octanol–water partition coefficient (Wildman–Crippen LogP) is 3.92. The van der Waals surface area contributed by atoms with Gasteiger partial charge < -0.3 is 20.5 Å². The van der Waals surface area contributed by atoms with E-state index in [1.54, 1.807) is 0 Å². The van der Waals surface area contributed by atoms with Crippen LogP contribution in [-0.2, 0) is 14.3 Å². The smallest absolute Gasteiger partial charge is 0.407 e. The Morgan fingerprint density at radius 3 is 2.06 bits per heavy atom. The first kappa shape index (κ1) is 23.7.